The van der Waals surface area contributed by atoms with E-state index in [1.165, 1.54) is 11.3 Å². The Labute approximate surface area is 140 Å². The molecule has 3 rings (SSSR count). The number of ether oxygens (including phenoxy) is 1. The van der Waals surface area contributed by atoms with Gasteiger partial charge in [-0.3, -0.25) is 4.79 Å². The summed E-state index contributed by atoms with van der Waals surface area (Å²) in [6, 6.07) is 11.6. The molecule has 1 N–H and O–H groups in total. The van der Waals surface area contributed by atoms with Crippen molar-refractivity contribution in [1.29, 1.82) is 0 Å². The smallest absolute Gasteiger partial charge is 0.268 e. The average molecular weight is 331 g/mol. The third-order valence-electron chi connectivity index (χ3n) is 4.25. The van der Waals surface area contributed by atoms with E-state index in [0.29, 0.717) is 23.1 Å². The zero-order valence-corrected chi connectivity index (χ0v) is 14.0. The van der Waals surface area contributed by atoms with Gasteiger partial charge in [0, 0.05) is 6.54 Å². The summed E-state index contributed by atoms with van der Waals surface area (Å²) in [5, 5.41) is 11.7. The Morgan fingerprint density at radius 2 is 2.09 bits per heavy atom. The molecule has 1 saturated carbocycles. The summed E-state index contributed by atoms with van der Waals surface area (Å²) >= 11 is 1.38. The Morgan fingerprint density at radius 3 is 2.70 bits per heavy atom. The average Bonchev–Trinajstić information content (AvgIpc) is 3.30. The van der Waals surface area contributed by atoms with E-state index in [1.54, 1.807) is 12.0 Å². The van der Waals surface area contributed by atoms with Gasteiger partial charge >= 0.3 is 0 Å². The van der Waals surface area contributed by atoms with Gasteiger partial charge in [0.25, 0.3) is 5.91 Å². The number of carbonyl (C=O) groups is 1. The first-order chi connectivity index (χ1) is 11.2. The van der Waals surface area contributed by atoms with Gasteiger partial charge in [0.05, 0.1) is 19.8 Å². The second-order valence-corrected chi connectivity index (χ2v) is 6.74. The summed E-state index contributed by atoms with van der Waals surface area (Å²) in [5.41, 5.74) is 1.07. The molecule has 1 fully saturated rings. The number of benzene rings is 1. The largest absolute Gasteiger partial charge is 0.495 e. The number of nitrogens with zero attached hydrogens (tertiary/aromatic N) is 1. The van der Waals surface area contributed by atoms with E-state index >= 15 is 0 Å². The molecule has 1 aromatic carbocycles. The number of hydrogen-bond donors (Lipinski definition) is 1. The first-order valence-corrected chi connectivity index (χ1v) is 8.69. The maximum absolute atomic E-state index is 13.1. The number of carbonyl (C=O) groups excluding carboxylic acids is 1. The molecule has 2 aromatic rings. The molecule has 0 radical (unpaired) electrons. The third-order valence-corrected chi connectivity index (χ3v) is 5.14. The van der Waals surface area contributed by atoms with Crippen LogP contribution in [0.3, 0.4) is 0 Å². The minimum Gasteiger partial charge on any atom is -0.495 e. The van der Waals surface area contributed by atoms with Crippen molar-refractivity contribution in [1.82, 2.24) is 4.90 Å². The molecule has 1 aliphatic carbocycles. The second-order valence-electron chi connectivity index (χ2n) is 5.82. The number of methoxy groups -OCH3 is 1. The van der Waals surface area contributed by atoms with Crippen LogP contribution >= 0.6 is 11.3 Å². The number of rotatable bonds is 7. The van der Waals surface area contributed by atoms with Crippen LogP contribution in [0.4, 0.5) is 0 Å². The lowest BCUT2D eigenvalue weighted by molar-refractivity contribution is 0.0533. The van der Waals surface area contributed by atoms with Crippen LogP contribution in [-0.4, -0.2) is 35.7 Å². The van der Waals surface area contributed by atoms with Gasteiger partial charge in [-0.15, -0.1) is 11.3 Å². The minimum absolute atomic E-state index is 0.00304. The van der Waals surface area contributed by atoms with Crippen LogP contribution in [0.1, 0.15) is 28.1 Å². The molecule has 4 nitrogen and oxygen atoms in total. The van der Waals surface area contributed by atoms with Gasteiger partial charge in [-0.2, -0.15) is 0 Å². The first-order valence-electron chi connectivity index (χ1n) is 7.81. The van der Waals surface area contributed by atoms with E-state index in [-0.39, 0.29) is 18.6 Å². The van der Waals surface area contributed by atoms with Crippen LogP contribution in [0.5, 0.6) is 5.75 Å². The molecule has 1 unspecified atom stereocenters. The lowest BCUT2D eigenvalue weighted by atomic mass is 10.1. The van der Waals surface area contributed by atoms with Gasteiger partial charge in [0.2, 0.25) is 0 Å². The maximum Gasteiger partial charge on any atom is 0.268 e. The molecule has 1 heterocycles. The van der Waals surface area contributed by atoms with Gasteiger partial charge in [-0.1, -0.05) is 30.3 Å². The van der Waals surface area contributed by atoms with E-state index in [2.05, 4.69) is 0 Å². The molecule has 1 aromatic heterocycles. The van der Waals surface area contributed by atoms with Crippen LogP contribution in [0.15, 0.2) is 41.8 Å². The predicted molar refractivity (Wildman–Crippen MR) is 90.8 cm³/mol. The number of hydrogen-bond acceptors (Lipinski definition) is 4. The van der Waals surface area contributed by atoms with Gasteiger partial charge in [-0.05, 0) is 35.8 Å². The topological polar surface area (TPSA) is 49.8 Å². The highest BCUT2D eigenvalue weighted by Crippen LogP contribution is 2.37. The lowest BCUT2D eigenvalue weighted by Crippen LogP contribution is -2.43. The standard InChI is InChI=1S/C18H21NO3S/c1-22-16-9-10-23-17(16)18(21)19(15(12-20)14-7-8-14)11-13-5-3-2-4-6-13/h2-6,9-10,14-15,20H,7-8,11-12H2,1H3. The Kier molecular flexibility index (Phi) is 4.98. The summed E-state index contributed by atoms with van der Waals surface area (Å²) in [5.74, 6) is 0.941. The molecule has 0 aliphatic heterocycles. The van der Waals surface area contributed by atoms with E-state index in [4.69, 9.17) is 4.74 Å². The number of thiophene rings is 1. The summed E-state index contributed by atoms with van der Waals surface area (Å²) < 4.78 is 5.30. The van der Waals surface area contributed by atoms with E-state index in [0.717, 1.165) is 18.4 Å². The molecule has 0 saturated heterocycles. The Bertz CT molecular complexity index is 651. The number of amides is 1. The van der Waals surface area contributed by atoms with Crippen LogP contribution in [-0.2, 0) is 6.54 Å². The zero-order chi connectivity index (χ0) is 16.2. The van der Waals surface area contributed by atoms with E-state index in [1.807, 2.05) is 41.8 Å². The fourth-order valence-corrected chi connectivity index (χ4v) is 3.66. The fourth-order valence-electron chi connectivity index (χ4n) is 2.85. The van der Waals surface area contributed by atoms with Crippen molar-refractivity contribution in [3.63, 3.8) is 0 Å². The quantitative estimate of drug-likeness (QED) is 0.848. The molecule has 1 atom stereocenters. The second kappa shape index (κ2) is 7.15. The van der Waals surface area contributed by atoms with E-state index < -0.39 is 0 Å². The van der Waals surface area contributed by atoms with Crippen LogP contribution in [0, 0.1) is 5.92 Å². The monoisotopic (exact) mass is 331 g/mol. The Morgan fingerprint density at radius 1 is 1.35 bits per heavy atom. The van der Waals surface area contributed by atoms with Crippen LogP contribution in [0.2, 0.25) is 0 Å². The highest BCUT2D eigenvalue weighted by molar-refractivity contribution is 7.12. The van der Waals surface area contributed by atoms with Crippen molar-refractivity contribution < 1.29 is 14.6 Å². The summed E-state index contributed by atoms with van der Waals surface area (Å²) in [7, 11) is 1.57. The zero-order valence-electron chi connectivity index (χ0n) is 13.1. The van der Waals surface area contributed by atoms with Crippen molar-refractivity contribution in [2.45, 2.75) is 25.4 Å². The summed E-state index contributed by atoms with van der Waals surface area (Å²) in [6.07, 6.45) is 2.15. The van der Waals surface area contributed by atoms with Crippen LogP contribution < -0.4 is 4.74 Å². The molecule has 122 valence electrons. The van der Waals surface area contributed by atoms with E-state index in [9.17, 15) is 9.90 Å². The normalized spacial score (nSPS) is 15.2. The van der Waals surface area contributed by atoms with Gasteiger partial charge < -0.3 is 14.7 Å². The lowest BCUT2D eigenvalue weighted by Gasteiger charge is -2.31. The highest BCUT2D eigenvalue weighted by Gasteiger charge is 2.38. The Balaban J connectivity index is 1.89. The molecular formula is C18H21NO3S. The van der Waals surface area contributed by atoms with Crippen molar-refractivity contribution in [3.8, 4) is 5.75 Å². The molecule has 23 heavy (non-hydrogen) atoms. The van der Waals surface area contributed by atoms with Crippen LogP contribution in [0.25, 0.3) is 0 Å². The molecule has 0 spiro atoms. The highest BCUT2D eigenvalue weighted by atomic mass is 32.1. The van der Waals surface area contributed by atoms with Gasteiger partial charge in [0.1, 0.15) is 10.6 Å². The minimum atomic E-state index is -0.130. The number of aliphatic hydroxyl groups is 1. The first kappa shape index (κ1) is 16.0. The molecule has 1 amide bonds. The van der Waals surface area contributed by atoms with Crippen molar-refractivity contribution >= 4 is 17.2 Å². The van der Waals surface area contributed by atoms with Crippen molar-refractivity contribution in [3.05, 3.63) is 52.2 Å². The maximum atomic E-state index is 13.1. The van der Waals surface area contributed by atoms with Crippen molar-refractivity contribution in [2.75, 3.05) is 13.7 Å². The van der Waals surface area contributed by atoms with Crippen molar-refractivity contribution in [2.24, 2.45) is 5.92 Å². The predicted octanol–water partition coefficient (Wildman–Crippen LogP) is 3.17. The van der Waals surface area contributed by atoms with Gasteiger partial charge in [-0.25, -0.2) is 0 Å². The third kappa shape index (κ3) is 3.57. The Hall–Kier alpha value is -1.85. The fraction of sp³-hybridized carbons (Fsp3) is 0.389. The molecule has 5 heteroatoms. The summed E-state index contributed by atoms with van der Waals surface area (Å²) in [6.45, 7) is 0.499. The molecule has 0 bridgehead atoms. The number of aliphatic hydroxyl groups excluding tert-OH is 1. The molecule has 1 aliphatic rings. The SMILES string of the molecule is COc1ccsc1C(=O)N(Cc1ccccc1)C(CO)C1CC1. The molecular weight excluding hydrogens is 310 g/mol. The van der Waals surface area contributed by atoms with Gasteiger partial charge in [0.15, 0.2) is 0 Å². The summed E-state index contributed by atoms with van der Waals surface area (Å²) in [4.78, 5) is 15.5.